The number of rotatable bonds is 3. The van der Waals surface area contributed by atoms with E-state index in [1.807, 2.05) is 0 Å². The SMILES string of the molecule is Cc1nc(-c2ccoc2)[nH]c(=O)c1CC(=O)O. The second kappa shape index (κ2) is 4.25. The molecule has 0 spiro atoms. The number of aromatic nitrogens is 2. The van der Waals surface area contributed by atoms with Gasteiger partial charge in [-0.1, -0.05) is 0 Å². The molecule has 0 fully saturated rings. The van der Waals surface area contributed by atoms with Crippen LogP contribution in [0.15, 0.2) is 27.8 Å². The predicted molar refractivity (Wildman–Crippen MR) is 58.6 cm³/mol. The van der Waals surface area contributed by atoms with Gasteiger partial charge in [0.2, 0.25) is 0 Å². The fourth-order valence-electron chi connectivity index (χ4n) is 1.51. The minimum atomic E-state index is -1.06. The Morgan fingerprint density at radius 1 is 1.59 bits per heavy atom. The number of aliphatic carboxylic acids is 1. The minimum absolute atomic E-state index is 0.171. The van der Waals surface area contributed by atoms with E-state index in [1.54, 1.807) is 13.0 Å². The van der Waals surface area contributed by atoms with E-state index in [4.69, 9.17) is 9.52 Å². The van der Waals surface area contributed by atoms with E-state index in [0.29, 0.717) is 17.1 Å². The zero-order chi connectivity index (χ0) is 12.4. The van der Waals surface area contributed by atoms with Crippen LogP contribution in [0, 0.1) is 6.92 Å². The zero-order valence-electron chi connectivity index (χ0n) is 9.06. The number of hydrogen-bond acceptors (Lipinski definition) is 4. The van der Waals surface area contributed by atoms with Crippen LogP contribution in [-0.2, 0) is 11.2 Å². The van der Waals surface area contributed by atoms with Crippen molar-refractivity contribution in [1.29, 1.82) is 0 Å². The summed E-state index contributed by atoms with van der Waals surface area (Å²) in [5.74, 6) is -0.688. The summed E-state index contributed by atoms with van der Waals surface area (Å²) >= 11 is 0. The number of aryl methyl sites for hydroxylation is 1. The van der Waals surface area contributed by atoms with E-state index in [-0.39, 0.29) is 12.0 Å². The molecule has 0 saturated carbocycles. The Morgan fingerprint density at radius 3 is 2.88 bits per heavy atom. The molecule has 17 heavy (non-hydrogen) atoms. The van der Waals surface area contributed by atoms with E-state index in [9.17, 15) is 9.59 Å². The second-order valence-electron chi connectivity index (χ2n) is 3.56. The maximum Gasteiger partial charge on any atom is 0.308 e. The monoisotopic (exact) mass is 234 g/mol. The van der Waals surface area contributed by atoms with Crippen molar-refractivity contribution in [2.75, 3.05) is 0 Å². The highest BCUT2D eigenvalue weighted by Gasteiger charge is 2.12. The van der Waals surface area contributed by atoms with Crippen LogP contribution in [-0.4, -0.2) is 21.0 Å². The van der Waals surface area contributed by atoms with Gasteiger partial charge in [0, 0.05) is 11.3 Å². The lowest BCUT2D eigenvalue weighted by atomic mass is 10.1. The van der Waals surface area contributed by atoms with Crippen LogP contribution in [0.4, 0.5) is 0 Å². The zero-order valence-corrected chi connectivity index (χ0v) is 9.06. The fourth-order valence-corrected chi connectivity index (χ4v) is 1.51. The molecule has 0 aliphatic heterocycles. The smallest absolute Gasteiger partial charge is 0.308 e. The highest BCUT2D eigenvalue weighted by Crippen LogP contribution is 2.14. The van der Waals surface area contributed by atoms with Crippen LogP contribution < -0.4 is 5.56 Å². The van der Waals surface area contributed by atoms with Gasteiger partial charge in [-0.15, -0.1) is 0 Å². The van der Waals surface area contributed by atoms with Crippen molar-refractivity contribution in [2.45, 2.75) is 13.3 Å². The Bertz CT molecular complexity index is 598. The molecule has 6 heteroatoms. The number of H-pyrrole nitrogens is 1. The van der Waals surface area contributed by atoms with E-state index >= 15 is 0 Å². The topological polar surface area (TPSA) is 96.2 Å². The Labute approximate surface area is 95.9 Å². The van der Waals surface area contributed by atoms with Crippen LogP contribution in [0.1, 0.15) is 11.3 Å². The Kier molecular flexibility index (Phi) is 2.78. The standard InChI is InChI=1S/C11H10N2O4/c1-6-8(4-9(14)15)11(16)13-10(12-6)7-2-3-17-5-7/h2-3,5H,4H2,1H3,(H,14,15)(H,12,13,16). The quantitative estimate of drug-likeness (QED) is 0.824. The molecule has 6 nitrogen and oxygen atoms in total. The molecule has 88 valence electrons. The van der Waals surface area contributed by atoms with Crippen molar-refractivity contribution in [3.8, 4) is 11.4 Å². The maximum atomic E-state index is 11.7. The van der Waals surface area contributed by atoms with Gasteiger partial charge in [-0.25, -0.2) is 4.98 Å². The third-order valence-corrected chi connectivity index (χ3v) is 2.34. The summed E-state index contributed by atoms with van der Waals surface area (Å²) in [5.41, 5.74) is 0.792. The summed E-state index contributed by atoms with van der Waals surface area (Å²) in [6, 6.07) is 1.66. The number of nitrogens with zero attached hydrogens (tertiary/aromatic N) is 1. The van der Waals surface area contributed by atoms with Crippen molar-refractivity contribution >= 4 is 5.97 Å². The molecule has 2 N–H and O–H groups in total. The third-order valence-electron chi connectivity index (χ3n) is 2.34. The molecule has 0 bridgehead atoms. The molecule has 0 aliphatic carbocycles. The second-order valence-corrected chi connectivity index (χ2v) is 3.56. The van der Waals surface area contributed by atoms with Gasteiger partial charge in [0.15, 0.2) is 0 Å². The molecule has 2 rings (SSSR count). The van der Waals surface area contributed by atoms with Gasteiger partial charge in [-0.05, 0) is 13.0 Å². The van der Waals surface area contributed by atoms with Crippen molar-refractivity contribution in [2.24, 2.45) is 0 Å². The number of carboxylic acid groups (broad SMARTS) is 1. The normalized spacial score (nSPS) is 10.4. The lowest BCUT2D eigenvalue weighted by Gasteiger charge is -2.03. The molecule has 0 unspecified atom stereocenters. The van der Waals surface area contributed by atoms with Gasteiger partial charge >= 0.3 is 5.97 Å². The summed E-state index contributed by atoms with van der Waals surface area (Å²) in [5, 5.41) is 8.67. The highest BCUT2D eigenvalue weighted by atomic mass is 16.4. The van der Waals surface area contributed by atoms with Crippen LogP contribution in [0.2, 0.25) is 0 Å². The Morgan fingerprint density at radius 2 is 2.35 bits per heavy atom. The van der Waals surface area contributed by atoms with Gasteiger partial charge in [0.05, 0.1) is 18.2 Å². The predicted octanol–water partition coefficient (Wildman–Crippen LogP) is 0.965. The van der Waals surface area contributed by atoms with Gasteiger partial charge in [-0.3, -0.25) is 9.59 Å². The van der Waals surface area contributed by atoms with Crippen molar-refractivity contribution in [3.63, 3.8) is 0 Å². The number of hydrogen-bond donors (Lipinski definition) is 2. The first-order valence-corrected chi connectivity index (χ1v) is 4.92. The van der Waals surface area contributed by atoms with Crippen LogP contribution in [0.5, 0.6) is 0 Å². The molecule has 0 saturated heterocycles. The fraction of sp³-hybridized carbons (Fsp3) is 0.182. The average molecular weight is 234 g/mol. The molecule has 2 aromatic heterocycles. The van der Waals surface area contributed by atoms with E-state index < -0.39 is 11.5 Å². The van der Waals surface area contributed by atoms with Gasteiger partial charge in [0.25, 0.3) is 5.56 Å². The lowest BCUT2D eigenvalue weighted by Crippen LogP contribution is -2.20. The molecule has 0 aromatic carbocycles. The summed E-state index contributed by atoms with van der Waals surface area (Å²) in [6.07, 6.45) is 2.59. The first-order valence-electron chi connectivity index (χ1n) is 4.92. The van der Waals surface area contributed by atoms with Crippen molar-refractivity contribution in [3.05, 3.63) is 40.2 Å². The Hall–Kier alpha value is -2.37. The third kappa shape index (κ3) is 2.25. The Balaban J connectivity index is 2.49. The van der Waals surface area contributed by atoms with E-state index in [1.165, 1.54) is 12.5 Å². The molecular weight excluding hydrogens is 224 g/mol. The number of carbonyl (C=O) groups is 1. The number of nitrogens with one attached hydrogen (secondary N) is 1. The van der Waals surface area contributed by atoms with Crippen LogP contribution in [0.25, 0.3) is 11.4 Å². The van der Waals surface area contributed by atoms with Gasteiger partial charge in [0.1, 0.15) is 12.1 Å². The first kappa shape index (κ1) is 11.1. The van der Waals surface area contributed by atoms with Crippen molar-refractivity contribution in [1.82, 2.24) is 9.97 Å². The molecule has 0 atom stereocenters. The van der Waals surface area contributed by atoms with E-state index in [2.05, 4.69) is 9.97 Å². The van der Waals surface area contributed by atoms with Gasteiger partial charge < -0.3 is 14.5 Å². The molecule has 2 heterocycles. The molecular formula is C11H10N2O4. The molecule has 2 aromatic rings. The first-order chi connectivity index (χ1) is 8.08. The summed E-state index contributed by atoms with van der Waals surface area (Å²) in [6.45, 7) is 1.61. The molecule has 0 radical (unpaired) electrons. The summed E-state index contributed by atoms with van der Waals surface area (Å²) in [4.78, 5) is 29.0. The minimum Gasteiger partial charge on any atom is -0.481 e. The molecule has 0 aliphatic rings. The van der Waals surface area contributed by atoms with Crippen LogP contribution >= 0.6 is 0 Å². The van der Waals surface area contributed by atoms with Crippen LogP contribution in [0.3, 0.4) is 0 Å². The number of carboxylic acids is 1. The maximum absolute atomic E-state index is 11.7. The lowest BCUT2D eigenvalue weighted by molar-refractivity contribution is -0.136. The largest absolute Gasteiger partial charge is 0.481 e. The number of furan rings is 1. The average Bonchev–Trinajstić information content (AvgIpc) is 2.76. The highest BCUT2D eigenvalue weighted by molar-refractivity contribution is 5.70. The van der Waals surface area contributed by atoms with E-state index in [0.717, 1.165) is 0 Å². The summed E-state index contributed by atoms with van der Waals surface area (Å²) < 4.78 is 4.89. The number of aromatic amines is 1. The molecule has 0 amide bonds. The van der Waals surface area contributed by atoms with Crippen molar-refractivity contribution < 1.29 is 14.3 Å². The van der Waals surface area contributed by atoms with Gasteiger partial charge in [-0.2, -0.15) is 0 Å². The summed E-state index contributed by atoms with van der Waals surface area (Å²) in [7, 11) is 0.